The molecule has 3 N–H and O–H groups in total. The molecule has 1 rings (SSSR count). The molecule has 0 spiro atoms. The third-order valence-electron chi connectivity index (χ3n) is 1.56. The molecule has 0 amide bonds. The van der Waals surface area contributed by atoms with E-state index < -0.39 is 0 Å². The lowest BCUT2D eigenvalue weighted by atomic mass is 10.2. The van der Waals surface area contributed by atoms with Gasteiger partial charge in [-0.25, -0.2) is 0 Å². The number of halogens is 1. The minimum absolute atomic E-state index is 0.125. The van der Waals surface area contributed by atoms with E-state index in [4.69, 9.17) is 5.11 Å². The molecule has 0 atom stereocenters. The Kier molecular flexibility index (Phi) is 4.21. The molecular weight excluding hydrogens is 234 g/mol. The monoisotopic (exact) mass is 245 g/mol. The van der Waals surface area contributed by atoms with Gasteiger partial charge in [-0.2, -0.15) is 0 Å². The van der Waals surface area contributed by atoms with Gasteiger partial charge in [-0.05, 0) is 23.8 Å². The minimum Gasteiger partial charge on any atom is -0.508 e. The number of hydrogen-bond acceptors (Lipinski definition) is 3. The zero-order chi connectivity index (χ0) is 9.68. The molecule has 72 valence electrons. The Morgan fingerprint density at radius 3 is 2.69 bits per heavy atom. The summed E-state index contributed by atoms with van der Waals surface area (Å²) in [5.41, 5.74) is 0.986. The Morgan fingerprint density at radius 1 is 1.31 bits per heavy atom. The van der Waals surface area contributed by atoms with E-state index in [-0.39, 0.29) is 12.4 Å². The Labute approximate surface area is 85.5 Å². The molecule has 0 aliphatic carbocycles. The average Bonchev–Trinajstić information content (AvgIpc) is 2.03. The van der Waals surface area contributed by atoms with Crippen molar-refractivity contribution in [2.45, 2.75) is 6.54 Å². The van der Waals surface area contributed by atoms with E-state index in [1.165, 1.54) is 0 Å². The smallest absolute Gasteiger partial charge is 0.117 e. The van der Waals surface area contributed by atoms with E-state index in [1.54, 1.807) is 12.1 Å². The van der Waals surface area contributed by atoms with Gasteiger partial charge < -0.3 is 15.5 Å². The first-order valence-corrected chi connectivity index (χ1v) is 4.81. The Hall–Kier alpha value is -0.580. The summed E-state index contributed by atoms with van der Waals surface area (Å²) in [6.45, 7) is 1.33. The van der Waals surface area contributed by atoms with Gasteiger partial charge >= 0.3 is 0 Å². The standard InChI is InChI=1S/C9H12BrNO2/c10-8-3-7(4-9(13)5-8)6-11-1-2-12/h3-5,11-13H,1-2,6H2. The number of phenolic OH excluding ortho intramolecular Hbond substituents is 1. The third kappa shape index (κ3) is 3.76. The van der Waals surface area contributed by atoms with Gasteiger partial charge in [-0.1, -0.05) is 15.9 Å². The van der Waals surface area contributed by atoms with Crippen molar-refractivity contribution >= 4 is 15.9 Å². The van der Waals surface area contributed by atoms with E-state index in [0.29, 0.717) is 13.1 Å². The summed E-state index contributed by atoms with van der Waals surface area (Å²) in [5, 5.41) is 20.8. The zero-order valence-corrected chi connectivity index (χ0v) is 8.71. The number of aromatic hydroxyl groups is 1. The molecule has 0 radical (unpaired) electrons. The summed E-state index contributed by atoms with van der Waals surface area (Å²) >= 11 is 3.28. The van der Waals surface area contributed by atoms with Crippen LogP contribution in [0.4, 0.5) is 0 Å². The van der Waals surface area contributed by atoms with Crippen LogP contribution < -0.4 is 5.32 Å². The van der Waals surface area contributed by atoms with Crippen molar-refractivity contribution < 1.29 is 10.2 Å². The molecule has 0 bridgehead atoms. The van der Waals surface area contributed by atoms with Crippen LogP contribution in [0.2, 0.25) is 0 Å². The van der Waals surface area contributed by atoms with Gasteiger partial charge in [0.05, 0.1) is 6.61 Å². The molecule has 0 aliphatic heterocycles. The summed E-state index contributed by atoms with van der Waals surface area (Å²) in [6.07, 6.45) is 0. The minimum atomic E-state index is 0.125. The summed E-state index contributed by atoms with van der Waals surface area (Å²) in [6, 6.07) is 5.24. The summed E-state index contributed by atoms with van der Waals surface area (Å²) in [4.78, 5) is 0. The molecule has 0 saturated heterocycles. The maximum absolute atomic E-state index is 9.24. The fourth-order valence-corrected chi connectivity index (χ4v) is 1.58. The largest absolute Gasteiger partial charge is 0.508 e. The summed E-state index contributed by atoms with van der Waals surface area (Å²) < 4.78 is 0.855. The van der Waals surface area contributed by atoms with Gasteiger partial charge in [0.15, 0.2) is 0 Å². The maximum Gasteiger partial charge on any atom is 0.117 e. The topological polar surface area (TPSA) is 52.5 Å². The van der Waals surface area contributed by atoms with E-state index in [9.17, 15) is 5.11 Å². The van der Waals surface area contributed by atoms with Crippen LogP contribution in [0.5, 0.6) is 5.75 Å². The number of rotatable bonds is 4. The van der Waals surface area contributed by atoms with Gasteiger partial charge in [-0.15, -0.1) is 0 Å². The first-order chi connectivity index (χ1) is 6.22. The summed E-state index contributed by atoms with van der Waals surface area (Å²) in [7, 11) is 0. The van der Waals surface area contributed by atoms with Crippen molar-refractivity contribution in [1.29, 1.82) is 0 Å². The number of hydrogen-bond donors (Lipinski definition) is 3. The van der Waals surface area contributed by atoms with Crippen LogP contribution >= 0.6 is 15.9 Å². The highest BCUT2D eigenvalue weighted by molar-refractivity contribution is 9.10. The van der Waals surface area contributed by atoms with E-state index >= 15 is 0 Å². The normalized spacial score (nSPS) is 10.3. The van der Waals surface area contributed by atoms with Crippen molar-refractivity contribution in [1.82, 2.24) is 5.32 Å². The fraction of sp³-hybridized carbons (Fsp3) is 0.333. The highest BCUT2D eigenvalue weighted by Crippen LogP contribution is 2.19. The predicted octanol–water partition coefficient (Wildman–Crippen LogP) is 1.24. The van der Waals surface area contributed by atoms with Crippen molar-refractivity contribution in [3.8, 4) is 5.75 Å². The van der Waals surface area contributed by atoms with Crippen molar-refractivity contribution in [2.24, 2.45) is 0 Å². The predicted molar refractivity (Wildman–Crippen MR) is 54.6 cm³/mol. The molecule has 3 nitrogen and oxygen atoms in total. The first-order valence-electron chi connectivity index (χ1n) is 4.02. The Morgan fingerprint density at radius 2 is 2.08 bits per heavy atom. The number of benzene rings is 1. The molecule has 0 saturated carbocycles. The SMILES string of the molecule is OCCNCc1cc(O)cc(Br)c1. The molecule has 1 aromatic carbocycles. The van der Waals surface area contributed by atoms with Crippen LogP contribution in [0.25, 0.3) is 0 Å². The number of phenols is 1. The van der Waals surface area contributed by atoms with E-state index in [0.717, 1.165) is 10.0 Å². The molecule has 0 fully saturated rings. The molecular formula is C9H12BrNO2. The number of aliphatic hydroxyl groups is 1. The van der Waals surface area contributed by atoms with Gasteiger partial charge in [0.2, 0.25) is 0 Å². The summed E-state index contributed by atoms with van der Waals surface area (Å²) in [5.74, 6) is 0.246. The van der Waals surface area contributed by atoms with Crippen LogP contribution in [-0.2, 0) is 6.54 Å². The second-order valence-corrected chi connectivity index (χ2v) is 3.63. The second kappa shape index (κ2) is 5.21. The van der Waals surface area contributed by atoms with Crippen molar-refractivity contribution in [2.75, 3.05) is 13.2 Å². The van der Waals surface area contributed by atoms with Crippen LogP contribution in [0.1, 0.15) is 5.56 Å². The number of aliphatic hydroxyl groups excluding tert-OH is 1. The molecule has 4 heteroatoms. The first kappa shape index (κ1) is 10.5. The number of nitrogens with one attached hydrogen (secondary N) is 1. The third-order valence-corrected chi connectivity index (χ3v) is 2.02. The molecule has 1 aromatic rings. The lowest BCUT2D eigenvalue weighted by molar-refractivity contribution is 0.292. The maximum atomic E-state index is 9.24. The van der Waals surface area contributed by atoms with Gasteiger partial charge in [0.25, 0.3) is 0 Å². The van der Waals surface area contributed by atoms with Gasteiger partial charge in [-0.3, -0.25) is 0 Å². The molecule has 0 aromatic heterocycles. The second-order valence-electron chi connectivity index (χ2n) is 2.72. The fourth-order valence-electron chi connectivity index (χ4n) is 1.05. The zero-order valence-electron chi connectivity index (χ0n) is 7.13. The molecule has 0 heterocycles. The Bertz CT molecular complexity index is 258. The van der Waals surface area contributed by atoms with Crippen molar-refractivity contribution in [3.63, 3.8) is 0 Å². The lowest BCUT2D eigenvalue weighted by Crippen LogP contribution is -2.17. The van der Waals surface area contributed by atoms with Crippen LogP contribution in [0.3, 0.4) is 0 Å². The highest BCUT2D eigenvalue weighted by Gasteiger charge is 1.97. The van der Waals surface area contributed by atoms with E-state index in [2.05, 4.69) is 21.2 Å². The van der Waals surface area contributed by atoms with Crippen LogP contribution in [0.15, 0.2) is 22.7 Å². The molecule has 0 aliphatic rings. The lowest BCUT2D eigenvalue weighted by Gasteiger charge is -2.04. The quantitative estimate of drug-likeness (QED) is 0.700. The average molecular weight is 246 g/mol. The Balaban J connectivity index is 2.56. The molecule has 0 unspecified atom stereocenters. The van der Waals surface area contributed by atoms with Crippen LogP contribution in [0, 0.1) is 0 Å². The van der Waals surface area contributed by atoms with Gasteiger partial charge in [0, 0.05) is 17.6 Å². The molecule has 13 heavy (non-hydrogen) atoms. The van der Waals surface area contributed by atoms with Crippen molar-refractivity contribution in [3.05, 3.63) is 28.2 Å². The van der Waals surface area contributed by atoms with Crippen LogP contribution in [-0.4, -0.2) is 23.4 Å². The highest BCUT2D eigenvalue weighted by atomic mass is 79.9. The van der Waals surface area contributed by atoms with Gasteiger partial charge in [0.1, 0.15) is 5.75 Å². The van der Waals surface area contributed by atoms with E-state index in [1.807, 2.05) is 6.07 Å².